The molecule has 0 heterocycles. The Morgan fingerprint density at radius 2 is 1.44 bits per heavy atom. The van der Waals surface area contributed by atoms with Gasteiger partial charge in [0, 0.05) is 23.2 Å². The van der Waals surface area contributed by atoms with Crippen molar-refractivity contribution in [2.45, 2.75) is 12.8 Å². The Labute approximate surface area is 177 Å². The van der Waals surface area contributed by atoms with Crippen LogP contribution >= 0.6 is 46.4 Å². The number of rotatable bonds is 10. The first-order chi connectivity index (χ1) is 13.0. The molecule has 0 atom stereocenters. The molecule has 0 unspecified atom stereocenters. The molecule has 146 valence electrons. The summed E-state index contributed by atoms with van der Waals surface area (Å²) in [5, 5.41) is 0.450. The minimum absolute atomic E-state index is 0.0319. The molecule has 2 aromatic rings. The van der Waals surface area contributed by atoms with Crippen molar-refractivity contribution in [3.05, 3.63) is 62.8 Å². The first-order valence-corrected chi connectivity index (χ1v) is 9.61. The normalized spacial score (nSPS) is 11.4. The molecule has 0 spiro atoms. The molecule has 0 aromatic heterocycles. The van der Waals surface area contributed by atoms with Crippen LogP contribution in [0.5, 0.6) is 17.2 Å². The third-order valence-corrected chi connectivity index (χ3v) is 4.29. The number of benzene rings is 2. The molecule has 0 aliphatic carbocycles. The molecule has 0 saturated carbocycles. The first kappa shape index (κ1) is 22.0. The van der Waals surface area contributed by atoms with Gasteiger partial charge in [0.05, 0.1) is 23.3 Å². The topological polar surface area (TPSA) is 27.7 Å². The number of ether oxygens (including phenoxy) is 3. The van der Waals surface area contributed by atoms with Crippen molar-refractivity contribution in [3.8, 4) is 17.2 Å². The summed E-state index contributed by atoms with van der Waals surface area (Å²) in [5.74, 6) is 1.54. The van der Waals surface area contributed by atoms with Crippen molar-refractivity contribution in [2.75, 3.05) is 19.8 Å². The van der Waals surface area contributed by atoms with Gasteiger partial charge >= 0.3 is 0 Å². The van der Waals surface area contributed by atoms with E-state index in [-0.39, 0.29) is 6.61 Å². The van der Waals surface area contributed by atoms with E-state index in [1.807, 2.05) is 12.1 Å². The van der Waals surface area contributed by atoms with Crippen LogP contribution in [0.25, 0.3) is 0 Å². The summed E-state index contributed by atoms with van der Waals surface area (Å²) in [5.41, 5.74) is 0. The summed E-state index contributed by atoms with van der Waals surface area (Å²) in [7, 11) is 0. The zero-order valence-electron chi connectivity index (χ0n) is 14.2. The lowest BCUT2D eigenvalue weighted by Gasteiger charge is -2.12. The standard InChI is InChI=1S/C19H17Cl4FO3/c20-13-3-5-14(6-4-13)25-8-1-2-9-27-19-16(21)11-15(12-17(19)22)26-10-7-18(23)24/h3-7,11-12H,1-2,8-10H2/b18-7+. The molecule has 2 aromatic carbocycles. The van der Waals surface area contributed by atoms with Crippen LogP contribution in [0, 0.1) is 0 Å². The highest BCUT2D eigenvalue weighted by Crippen LogP contribution is 2.37. The van der Waals surface area contributed by atoms with Gasteiger partial charge in [-0.2, -0.15) is 4.39 Å². The summed E-state index contributed by atoms with van der Waals surface area (Å²) in [6.45, 7) is 0.962. The van der Waals surface area contributed by atoms with E-state index in [2.05, 4.69) is 0 Å². The predicted octanol–water partition coefficient (Wildman–Crippen LogP) is 7.31. The molecule has 8 heteroatoms. The second-order valence-corrected chi connectivity index (χ2v) is 6.99. The smallest absolute Gasteiger partial charge is 0.188 e. The Morgan fingerprint density at radius 3 is 2.04 bits per heavy atom. The molecule has 2 rings (SSSR count). The molecular weight excluding hydrogens is 437 g/mol. The maximum Gasteiger partial charge on any atom is 0.188 e. The van der Waals surface area contributed by atoms with E-state index in [0.29, 0.717) is 39.8 Å². The molecule has 27 heavy (non-hydrogen) atoms. The van der Waals surface area contributed by atoms with E-state index >= 15 is 0 Å². The fourth-order valence-electron chi connectivity index (χ4n) is 2.06. The van der Waals surface area contributed by atoms with Gasteiger partial charge in [0.15, 0.2) is 11.0 Å². The minimum atomic E-state index is -0.841. The number of unbranched alkanes of at least 4 members (excludes halogenated alkanes) is 1. The van der Waals surface area contributed by atoms with Gasteiger partial charge < -0.3 is 14.2 Å². The monoisotopic (exact) mass is 452 g/mol. The number of hydrogen-bond acceptors (Lipinski definition) is 3. The van der Waals surface area contributed by atoms with Gasteiger partial charge in [-0.3, -0.25) is 0 Å². The second-order valence-electron chi connectivity index (χ2n) is 5.38. The summed E-state index contributed by atoms with van der Waals surface area (Å²) in [6.07, 6.45) is 2.65. The lowest BCUT2D eigenvalue weighted by atomic mass is 10.3. The molecule has 0 N–H and O–H groups in total. The predicted molar refractivity (Wildman–Crippen MR) is 109 cm³/mol. The van der Waals surface area contributed by atoms with E-state index in [9.17, 15) is 4.39 Å². The van der Waals surface area contributed by atoms with E-state index < -0.39 is 5.29 Å². The van der Waals surface area contributed by atoms with Crippen LogP contribution in [0.4, 0.5) is 4.39 Å². The van der Waals surface area contributed by atoms with Gasteiger partial charge in [0.2, 0.25) is 0 Å². The van der Waals surface area contributed by atoms with Gasteiger partial charge in [-0.25, -0.2) is 0 Å². The molecule has 0 radical (unpaired) electrons. The number of hydrogen-bond donors (Lipinski definition) is 0. The van der Waals surface area contributed by atoms with Crippen molar-refractivity contribution >= 4 is 46.4 Å². The van der Waals surface area contributed by atoms with E-state index in [1.54, 1.807) is 24.3 Å². The lowest BCUT2D eigenvalue weighted by Crippen LogP contribution is -2.03. The minimum Gasteiger partial charge on any atom is -0.494 e. The third-order valence-electron chi connectivity index (χ3n) is 3.33. The fraction of sp³-hybridized carbons (Fsp3) is 0.263. The van der Waals surface area contributed by atoms with Crippen LogP contribution in [-0.2, 0) is 0 Å². The molecular formula is C19H17Cl4FO3. The maximum absolute atomic E-state index is 12.4. The van der Waals surface area contributed by atoms with Gasteiger partial charge in [-0.05, 0) is 37.1 Å². The van der Waals surface area contributed by atoms with Gasteiger partial charge in [0.25, 0.3) is 0 Å². The average Bonchev–Trinajstić information content (AvgIpc) is 2.61. The van der Waals surface area contributed by atoms with Crippen LogP contribution in [0.15, 0.2) is 47.8 Å². The Bertz CT molecular complexity index is 739. The molecule has 3 nitrogen and oxygen atoms in total. The molecule has 0 aliphatic rings. The SMILES string of the molecule is F/C(Cl)=C/COc1cc(Cl)c(OCCCCOc2ccc(Cl)cc2)c(Cl)c1. The summed E-state index contributed by atoms with van der Waals surface area (Å²) >= 11 is 23.3. The van der Waals surface area contributed by atoms with Crippen LogP contribution < -0.4 is 14.2 Å². The summed E-state index contributed by atoms with van der Waals surface area (Å²) in [6, 6.07) is 10.3. The van der Waals surface area contributed by atoms with Crippen molar-refractivity contribution in [2.24, 2.45) is 0 Å². The molecule has 0 aliphatic heterocycles. The summed E-state index contributed by atoms with van der Waals surface area (Å²) < 4.78 is 29.0. The number of halogens is 5. The molecule has 0 fully saturated rings. The second kappa shape index (κ2) is 11.5. The zero-order valence-corrected chi connectivity index (χ0v) is 17.2. The zero-order chi connectivity index (χ0) is 19.6. The highest BCUT2D eigenvalue weighted by Gasteiger charge is 2.10. The van der Waals surface area contributed by atoms with Crippen LogP contribution in [0.1, 0.15) is 12.8 Å². The van der Waals surface area contributed by atoms with Crippen LogP contribution in [0.2, 0.25) is 15.1 Å². The molecule has 0 bridgehead atoms. The van der Waals surface area contributed by atoms with Gasteiger partial charge in [-0.15, -0.1) is 0 Å². The van der Waals surface area contributed by atoms with Crippen molar-refractivity contribution in [1.29, 1.82) is 0 Å². The van der Waals surface area contributed by atoms with Gasteiger partial charge in [0.1, 0.15) is 18.1 Å². The Hall–Kier alpha value is -1.33. The Morgan fingerprint density at radius 1 is 0.852 bits per heavy atom. The maximum atomic E-state index is 12.4. The fourth-order valence-corrected chi connectivity index (χ4v) is 2.82. The largest absolute Gasteiger partial charge is 0.494 e. The van der Waals surface area contributed by atoms with E-state index in [4.69, 9.17) is 60.6 Å². The van der Waals surface area contributed by atoms with Crippen LogP contribution in [-0.4, -0.2) is 19.8 Å². The lowest BCUT2D eigenvalue weighted by molar-refractivity contribution is 0.266. The average molecular weight is 454 g/mol. The van der Waals surface area contributed by atoms with Crippen LogP contribution in [0.3, 0.4) is 0 Å². The highest BCUT2D eigenvalue weighted by molar-refractivity contribution is 6.37. The Kier molecular flexibility index (Phi) is 9.35. The first-order valence-electron chi connectivity index (χ1n) is 8.10. The quantitative estimate of drug-likeness (QED) is 0.353. The molecule has 0 saturated heterocycles. The van der Waals surface area contributed by atoms with E-state index in [0.717, 1.165) is 24.7 Å². The third kappa shape index (κ3) is 8.06. The van der Waals surface area contributed by atoms with Crippen molar-refractivity contribution in [1.82, 2.24) is 0 Å². The molecule has 0 amide bonds. The summed E-state index contributed by atoms with van der Waals surface area (Å²) in [4.78, 5) is 0. The van der Waals surface area contributed by atoms with Gasteiger partial charge in [-0.1, -0.05) is 46.4 Å². The highest BCUT2D eigenvalue weighted by atomic mass is 35.5. The van der Waals surface area contributed by atoms with Crippen molar-refractivity contribution < 1.29 is 18.6 Å². The van der Waals surface area contributed by atoms with E-state index in [1.165, 1.54) is 0 Å². The Balaban J connectivity index is 1.73. The van der Waals surface area contributed by atoms with Crippen molar-refractivity contribution in [3.63, 3.8) is 0 Å².